The van der Waals surface area contributed by atoms with E-state index in [2.05, 4.69) is 34.1 Å². The fraction of sp³-hybridized carbons (Fsp3) is 0.217. The lowest BCUT2D eigenvalue weighted by Gasteiger charge is -2.20. The minimum atomic E-state index is -0.539. The van der Waals surface area contributed by atoms with E-state index in [1.165, 1.54) is 4.90 Å². The molecule has 142 valence electrons. The van der Waals surface area contributed by atoms with Gasteiger partial charge in [0.1, 0.15) is 6.61 Å². The smallest absolute Gasteiger partial charge is 0.416 e. The second-order valence-corrected chi connectivity index (χ2v) is 7.79. The molecule has 28 heavy (non-hydrogen) atoms. The summed E-state index contributed by atoms with van der Waals surface area (Å²) in [6, 6.07) is 21.8. The predicted octanol–water partition coefficient (Wildman–Crippen LogP) is 5.13. The Bertz CT molecular complexity index is 1020. The SMILES string of the molecule is O=C(CCc1c(Br)ccc2ccccc12)N1C(=O)OC[C@@H]1Cc1ccccc1. The van der Waals surface area contributed by atoms with Crippen molar-refractivity contribution in [1.82, 2.24) is 4.90 Å². The van der Waals surface area contributed by atoms with Gasteiger partial charge in [-0.1, -0.05) is 76.6 Å². The minimum absolute atomic E-state index is 0.191. The highest BCUT2D eigenvalue weighted by Gasteiger charge is 2.37. The Morgan fingerprint density at radius 2 is 1.79 bits per heavy atom. The summed E-state index contributed by atoms with van der Waals surface area (Å²) >= 11 is 3.60. The van der Waals surface area contributed by atoms with Crippen molar-refractivity contribution in [1.29, 1.82) is 0 Å². The van der Waals surface area contributed by atoms with E-state index in [0.29, 0.717) is 12.8 Å². The molecule has 3 aromatic rings. The first kappa shape index (κ1) is 18.7. The molecule has 0 aliphatic carbocycles. The van der Waals surface area contributed by atoms with Crippen LogP contribution in [0.2, 0.25) is 0 Å². The highest BCUT2D eigenvalue weighted by Crippen LogP contribution is 2.28. The van der Waals surface area contributed by atoms with Crippen LogP contribution in [0.15, 0.2) is 71.2 Å². The van der Waals surface area contributed by atoms with E-state index >= 15 is 0 Å². The Hall–Kier alpha value is -2.66. The molecule has 0 spiro atoms. The first-order valence-electron chi connectivity index (χ1n) is 9.32. The Morgan fingerprint density at radius 1 is 1.04 bits per heavy atom. The quantitative estimate of drug-likeness (QED) is 0.555. The van der Waals surface area contributed by atoms with E-state index in [-0.39, 0.29) is 25.0 Å². The molecule has 1 heterocycles. The third-order valence-corrected chi connectivity index (χ3v) is 5.86. The molecular weight excluding hydrogens is 418 g/mol. The summed E-state index contributed by atoms with van der Waals surface area (Å²) in [7, 11) is 0. The van der Waals surface area contributed by atoms with Crippen LogP contribution in [-0.2, 0) is 22.4 Å². The summed E-state index contributed by atoms with van der Waals surface area (Å²) in [4.78, 5) is 26.4. The lowest BCUT2D eigenvalue weighted by atomic mass is 10.00. The number of carbonyl (C=O) groups is 2. The molecule has 0 saturated carbocycles. The average molecular weight is 438 g/mol. The number of hydrogen-bond acceptors (Lipinski definition) is 3. The zero-order valence-electron chi connectivity index (χ0n) is 15.3. The molecule has 3 aromatic carbocycles. The third-order valence-electron chi connectivity index (χ3n) is 5.12. The summed E-state index contributed by atoms with van der Waals surface area (Å²) in [6.45, 7) is 0.247. The van der Waals surface area contributed by atoms with E-state index in [0.717, 1.165) is 26.4 Å². The molecule has 1 aliphatic rings. The van der Waals surface area contributed by atoms with Gasteiger partial charge in [0.05, 0.1) is 6.04 Å². The Labute approximate surface area is 172 Å². The largest absolute Gasteiger partial charge is 0.447 e. The van der Waals surface area contributed by atoms with E-state index in [4.69, 9.17) is 4.74 Å². The van der Waals surface area contributed by atoms with Crippen LogP contribution in [0, 0.1) is 0 Å². The molecular formula is C23H20BrNO3. The fourth-order valence-corrected chi connectivity index (χ4v) is 4.26. The molecule has 1 fully saturated rings. The predicted molar refractivity (Wildman–Crippen MR) is 112 cm³/mol. The van der Waals surface area contributed by atoms with Gasteiger partial charge in [0.15, 0.2) is 0 Å². The maximum Gasteiger partial charge on any atom is 0.416 e. The number of aryl methyl sites for hydroxylation is 1. The van der Waals surface area contributed by atoms with Crippen molar-refractivity contribution >= 4 is 38.7 Å². The van der Waals surface area contributed by atoms with Crippen LogP contribution in [-0.4, -0.2) is 29.5 Å². The number of halogens is 1. The second kappa shape index (κ2) is 8.15. The molecule has 2 amide bonds. The number of hydrogen-bond donors (Lipinski definition) is 0. The van der Waals surface area contributed by atoms with Crippen molar-refractivity contribution < 1.29 is 14.3 Å². The normalized spacial score (nSPS) is 16.4. The molecule has 4 rings (SSSR count). The number of amides is 2. The minimum Gasteiger partial charge on any atom is -0.447 e. The zero-order valence-corrected chi connectivity index (χ0v) is 16.9. The van der Waals surface area contributed by atoms with Crippen molar-refractivity contribution in [2.24, 2.45) is 0 Å². The number of cyclic esters (lactones) is 1. The van der Waals surface area contributed by atoms with Crippen molar-refractivity contribution in [3.05, 3.63) is 82.3 Å². The fourth-order valence-electron chi connectivity index (χ4n) is 3.72. The lowest BCUT2D eigenvalue weighted by molar-refractivity contribution is -0.129. The van der Waals surface area contributed by atoms with Gasteiger partial charge in [-0.15, -0.1) is 0 Å². The molecule has 0 aromatic heterocycles. The maximum absolute atomic E-state index is 12.9. The number of ether oxygens (including phenoxy) is 1. The summed E-state index contributed by atoms with van der Waals surface area (Å²) < 4.78 is 6.15. The van der Waals surface area contributed by atoms with Crippen LogP contribution in [0.1, 0.15) is 17.5 Å². The number of carbonyl (C=O) groups excluding carboxylic acids is 2. The Morgan fingerprint density at radius 3 is 2.61 bits per heavy atom. The summed E-state index contributed by atoms with van der Waals surface area (Å²) in [5, 5.41) is 2.25. The van der Waals surface area contributed by atoms with Gasteiger partial charge in [-0.3, -0.25) is 4.79 Å². The van der Waals surface area contributed by atoms with Gasteiger partial charge >= 0.3 is 6.09 Å². The monoisotopic (exact) mass is 437 g/mol. The van der Waals surface area contributed by atoms with Gasteiger partial charge in [0, 0.05) is 10.9 Å². The molecule has 4 nitrogen and oxygen atoms in total. The molecule has 5 heteroatoms. The summed E-state index contributed by atoms with van der Waals surface area (Å²) in [5.74, 6) is -0.191. The van der Waals surface area contributed by atoms with Crippen LogP contribution in [0.5, 0.6) is 0 Å². The summed E-state index contributed by atoms with van der Waals surface area (Å²) in [5.41, 5.74) is 2.17. The van der Waals surface area contributed by atoms with Crippen molar-refractivity contribution in [3.63, 3.8) is 0 Å². The van der Waals surface area contributed by atoms with Crippen LogP contribution in [0.25, 0.3) is 10.8 Å². The number of imide groups is 1. The first-order chi connectivity index (χ1) is 13.6. The first-order valence-corrected chi connectivity index (χ1v) is 10.1. The lowest BCUT2D eigenvalue weighted by Crippen LogP contribution is -2.40. The van der Waals surface area contributed by atoms with Crippen molar-refractivity contribution in [3.8, 4) is 0 Å². The average Bonchev–Trinajstić information content (AvgIpc) is 3.08. The van der Waals surface area contributed by atoms with Gasteiger partial charge < -0.3 is 4.74 Å². The number of rotatable bonds is 5. The molecule has 1 saturated heterocycles. The van der Waals surface area contributed by atoms with Crippen molar-refractivity contribution in [2.75, 3.05) is 6.61 Å². The van der Waals surface area contributed by atoms with Crippen LogP contribution >= 0.6 is 15.9 Å². The van der Waals surface area contributed by atoms with E-state index in [1.54, 1.807) is 0 Å². The van der Waals surface area contributed by atoms with Gasteiger partial charge in [0.25, 0.3) is 0 Å². The van der Waals surface area contributed by atoms with E-state index < -0.39 is 6.09 Å². The number of benzene rings is 3. The van der Waals surface area contributed by atoms with Gasteiger partial charge in [0.2, 0.25) is 5.91 Å². The molecule has 0 radical (unpaired) electrons. The molecule has 0 unspecified atom stereocenters. The summed E-state index contributed by atoms with van der Waals surface area (Å²) in [6.07, 6.45) is 0.884. The highest BCUT2D eigenvalue weighted by molar-refractivity contribution is 9.10. The molecule has 1 aliphatic heterocycles. The van der Waals surface area contributed by atoms with Crippen LogP contribution < -0.4 is 0 Å². The third kappa shape index (κ3) is 3.80. The van der Waals surface area contributed by atoms with E-state index in [1.807, 2.05) is 48.5 Å². The van der Waals surface area contributed by atoms with Crippen molar-refractivity contribution in [2.45, 2.75) is 25.3 Å². The Balaban J connectivity index is 1.50. The number of nitrogens with zero attached hydrogens (tertiary/aromatic N) is 1. The van der Waals surface area contributed by atoms with E-state index in [9.17, 15) is 9.59 Å². The maximum atomic E-state index is 12.9. The van der Waals surface area contributed by atoms with Gasteiger partial charge in [-0.05, 0) is 40.8 Å². The molecule has 0 N–H and O–H groups in total. The van der Waals surface area contributed by atoms with Gasteiger partial charge in [-0.2, -0.15) is 0 Å². The standard InChI is InChI=1S/C23H20BrNO3/c24-21-12-10-17-8-4-5-9-19(17)20(21)11-13-22(26)25-18(15-28-23(25)27)14-16-6-2-1-3-7-16/h1-10,12,18H,11,13-15H2/t18-/m0/s1. The van der Waals surface area contributed by atoms with Crippen LogP contribution in [0.4, 0.5) is 4.79 Å². The highest BCUT2D eigenvalue weighted by atomic mass is 79.9. The van der Waals surface area contributed by atoms with Gasteiger partial charge in [-0.25, -0.2) is 9.69 Å². The Kier molecular flexibility index (Phi) is 5.44. The second-order valence-electron chi connectivity index (χ2n) is 6.93. The topological polar surface area (TPSA) is 46.6 Å². The molecule has 1 atom stereocenters. The number of fused-ring (bicyclic) bond motifs is 1. The van der Waals surface area contributed by atoms with Crippen LogP contribution in [0.3, 0.4) is 0 Å². The zero-order chi connectivity index (χ0) is 19.5. The molecule has 0 bridgehead atoms.